The van der Waals surface area contributed by atoms with Crippen LogP contribution in [0, 0.1) is 5.92 Å². The highest BCUT2D eigenvalue weighted by Crippen LogP contribution is 2.21. The molecule has 0 N–H and O–H groups in total. The van der Waals surface area contributed by atoms with Gasteiger partial charge in [-0.25, -0.2) is 4.99 Å². The Hall–Kier alpha value is -3.01. The highest BCUT2D eigenvalue weighted by atomic mass is 16.5. The molecule has 23 heavy (non-hydrogen) atoms. The van der Waals surface area contributed by atoms with Gasteiger partial charge in [0.25, 0.3) is 5.91 Å². The molecule has 0 fully saturated rings. The Bertz CT molecular complexity index is 974. The van der Waals surface area contributed by atoms with Crippen LogP contribution >= 0.6 is 0 Å². The predicted octanol–water partition coefficient (Wildman–Crippen LogP) is 2.14. The lowest BCUT2D eigenvalue weighted by molar-refractivity contribution is -0.120. The number of amides is 1. The topological polar surface area (TPSA) is 55.5 Å². The lowest BCUT2D eigenvalue weighted by Crippen LogP contribution is -2.33. The molecular formula is C19H14N2O2. The van der Waals surface area contributed by atoms with E-state index < -0.39 is 0 Å². The maximum atomic E-state index is 12.2. The molecule has 0 saturated heterocycles. The summed E-state index contributed by atoms with van der Waals surface area (Å²) in [5.74, 6) is 0.246. The SMILES string of the molecule is O=C1N=c2ccccc2=CC1Cc1cc(-c2ccccc2)no1. The largest absolute Gasteiger partial charge is 0.361 e. The average molecular weight is 302 g/mol. The van der Waals surface area contributed by atoms with Crippen LogP contribution in [0.1, 0.15) is 5.76 Å². The summed E-state index contributed by atoms with van der Waals surface area (Å²) in [5.41, 5.74) is 1.78. The smallest absolute Gasteiger partial charge is 0.253 e. The third-order valence-electron chi connectivity index (χ3n) is 3.91. The third kappa shape index (κ3) is 2.71. The van der Waals surface area contributed by atoms with Crippen LogP contribution in [0.3, 0.4) is 0 Å². The average Bonchev–Trinajstić information content (AvgIpc) is 3.05. The molecule has 4 heteroatoms. The van der Waals surface area contributed by atoms with Crippen molar-refractivity contribution in [1.82, 2.24) is 5.16 Å². The van der Waals surface area contributed by atoms with Crippen molar-refractivity contribution in [2.24, 2.45) is 10.9 Å². The molecule has 1 aromatic heterocycles. The van der Waals surface area contributed by atoms with Gasteiger partial charge in [-0.15, -0.1) is 0 Å². The first-order chi connectivity index (χ1) is 11.3. The molecular weight excluding hydrogens is 288 g/mol. The standard InChI is InChI=1S/C19H14N2O2/c22-19-15(10-14-8-4-5-9-17(14)20-19)11-16-12-18(21-23-16)13-6-2-1-3-7-13/h1-10,12,15H,11H2. The zero-order valence-electron chi connectivity index (χ0n) is 12.3. The quantitative estimate of drug-likeness (QED) is 0.745. The molecule has 4 rings (SSSR count). The Morgan fingerprint density at radius 1 is 1.00 bits per heavy atom. The summed E-state index contributed by atoms with van der Waals surface area (Å²) in [6, 6.07) is 19.4. The van der Waals surface area contributed by atoms with Crippen LogP contribution in [-0.2, 0) is 11.2 Å². The predicted molar refractivity (Wildman–Crippen MR) is 85.8 cm³/mol. The molecule has 112 valence electrons. The van der Waals surface area contributed by atoms with Gasteiger partial charge in [0, 0.05) is 18.1 Å². The molecule has 0 spiro atoms. The van der Waals surface area contributed by atoms with Crippen LogP contribution in [0.4, 0.5) is 0 Å². The van der Waals surface area contributed by atoms with E-state index >= 15 is 0 Å². The van der Waals surface area contributed by atoms with E-state index in [9.17, 15) is 4.79 Å². The second kappa shape index (κ2) is 5.65. The number of fused-ring (bicyclic) bond motifs is 1. The lowest BCUT2D eigenvalue weighted by atomic mass is 9.98. The van der Waals surface area contributed by atoms with Crippen LogP contribution in [-0.4, -0.2) is 11.1 Å². The van der Waals surface area contributed by atoms with Crippen molar-refractivity contribution in [2.75, 3.05) is 0 Å². The number of carbonyl (C=O) groups excluding carboxylic acids is 1. The Morgan fingerprint density at radius 3 is 2.65 bits per heavy atom. The third-order valence-corrected chi connectivity index (χ3v) is 3.91. The van der Waals surface area contributed by atoms with Crippen LogP contribution in [0.15, 0.2) is 70.2 Å². The van der Waals surface area contributed by atoms with Gasteiger partial charge in [0.15, 0.2) is 0 Å². The first kappa shape index (κ1) is 13.6. The van der Waals surface area contributed by atoms with Crippen molar-refractivity contribution >= 4 is 12.0 Å². The van der Waals surface area contributed by atoms with E-state index in [2.05, 4.69) is 10.1 Å². The fourth-order valence-electron chi connectivity index (χ4n) is 2.74. The summed E-state index contributed by atoms with van der Waals surface area (Å²) in [6.07, 6.45) is 2.42. The van der Waals surface area contributed by atoms with Gasteiger partial charge in [-0.3, -0.25) is 4.79 Å². The van der Waals surface area contributed by atoms with Crippen molar-refractivity contribution in [3.05, 3.63) is 77.0 Å². The minimum Gasteiger partial charge on any atom is -0.361 e. The number of rotatable bonds is 3. The molecule has 0 saturated carbocycles. The van der Waals surface area contributed by atoms with Gasteiger partial charge in [-0.1, -0.05) is 59.8 Å². The van der Waals surface area contributed by atoms with Crippen molar-refractivity contribution in [1.29, 1.82) is 0 Å². The van der Waals surface area contributed by atoms with Gasteiger partial charge in [0.05, 0.1) is 11.3 Å². The number of benzene rings is 2. The highest BCUT2D eigenvalue weighted by molar-refractivity contribution is 5.86. The van der Waals surface area contributed by atoms with Gasteiger partial charge < -0.3 is 4.52 Å². The minimum absolute atomic E-state index is 0.138. The second-order valence-electron chi connectivity index (χ2n) is 5.53. The van der Waals surface area contributed by atoms with E-state index in [1.165, 1.54) is 0 Å². The van der Waals surface area contributed by atoms with Crippen LogP contribution in [0.5, 0.6) is 0 Å². The molecule has 1 amide bonds. The summed E-state index contributed by atoms with van der Waals surface area (Å²) >= 11 is 0. The van der Waals surface area contributed by atoms with E-state index in [1.54, 1.807) is 0 Å². The van der Waals surface area contributed by atoms with Crippen LogP contribution in [0.2, 0.25) is 0 Å². The zero-order chi connectivity index (χ0) is 15.6. The van der Waals surface area contributed by atoms with Gasteiger partial charge in [0.2, 0.25) is 0 Å². The molecule has 4 nitrogen and oxygen atoms in total. The maximum Gasteiger partial charge on any atom is 0.253 e. The summed E-state index contributed by atoms with van der Waals surface area (Å²) in [5, 5.41) is 5.81. The van der Waals surface area contributed by atoms with Crippen LogP contribution in [0.25, 0.3) is 17.3 Å². The minimum atomic E-state index is -0.304. The van der Waals surface area contributed by atoms with E-state index in [0.717, 1.165) is 21.8 Å². The number of para-hydroxylation sites is 1. The molecule has 1 aliphatic rings. The summed E-state index contributed by atoms with van der Waals surface area (Å²) in [6.45, 7) is 0. The molecule has 2 heterocycles. The number of carbonyl (C=O) groups is 1. The van der Waals surface area contributed by atoms with E-state index in [4.69, 9.17) is 4.52 Å². The number of nitrogens with zero attached hydrogens (tertiary/aromatic N) is 2. The number of hydrogen-bond donors (Lipinski definition) is 0. The van der Waals surface area contributed by atoms with E-state index in [1.807, 2.05) is 66.7 Å². The molecule has 1 aliphatic heterocycles. The van der Waals surface area contributed by atoms with Crippen molar-refractivity contribution in [2.45, 2.75) is 6.42 Å². The van der Waals surface area contributed by atoms with Gasteiger partial charge in [-0.2, -0.15) is 0 Å². The van der Waals surface area contributed by atoms with Crippen molar-refractivity contribution in [3.63, 3.8) is 0 Å². The second-order valence-corrected chi connectivity index (χ2v) is 5.53. The lowest BCUT2D eigenvalue weighted by Gasteiger charge is -2.09. The van der Waals surface area contributed by atoms with Crippen molar-refractivity contribution in [3.8, 4) is 11.3 Å². The monoisotopic (exact) mass is 302 g/mol. The number of aromatic nitrogens is 1. The summed E-state index contributed by atoms with van der Waals surface area (Å²) < 4.78 is 5.39. The van der Waals surface area contributed by atoms with Gasteiger partial charge >= 0.3 is 0 Å². The summed E-state index contributed by atoms with van der Waals surface area (Å²) in [7, 11) is 0. The van der Waals surface area contributed by atoms with Gasteiger partial charge in [-0.05, 0) is 11.3 Å². The Balaban J connectivity index is 1.61. The highest BCUT2D eigenvalue weighted by Gasteiger charge is 2.21. The summed E-state index contributed by atoms with van der Waals surface area (Å²) in [4.78, 5) is 16.3. The number of hydrogen-bond acceptors (Lipinski definition) is 3. The molecule has 3 aromatic rings. The molecule has 0 radical (unpaired) electrons. The molecule has 1 atom stereocenters. The molecule has 0 bridgehead atoms. The normalized spacial score (nSPS) is 16.3. The Morgan fingerprint density at radius 2 is 1.78 bits per heavy atom. The fourth-order valence-corrected chi connectivity index (χ4v) is 2.74. The van der Waals surface area contributed by atoms with Crippen LogP contribution < -0.4 is 10.6 Å². The molecule has 2 aromatic carbocycles. The van der Waals surface area contributed by atoms with E-state index in [-0.39, 0.29) is 11.8 Å². The van der Waals surface area contributed by atoms with Gasteiger partial charge in [0.1, 0.15) is 11.5 Å². The first-order valence-electron chi connectivity index (χ1n) is 7.50. The molecule has 1 unspecified atom stereocenters. The first-order valence-corrected chi connectivity index (χ1v) is 7.50. The zero-order valence-corrected chi connectivity index (χ0v) is 12.3. The fraction of sp³-hybridized carbons (Fsp3) is 0.105. The molecule has 0 aliphatic carbocycles. The Labute approximate surface area is 132 Å². The Kier molecular flexibility index (Phi) is 3.35. The van der Waals surface area contributed by atoms with E-state index in [0.29, 0.717) is 12.2 Å². The van der Waals surface area contributed by atoms with Crippen molar-refractivity contribution < 1.29 is 9.32 Å². The maximum absolute atomic E-state index is 12.2.